The summed E-state index contributed by atoms with van der Waals surface area (Å²) in [5.74, 6) is 5.59. The molecule has 0 bridgehead atoms. The van der Waals surface area contributed by atoms with Crippen molar-refractivity contribution in [1.82, 2.24) is 0 Å². The quantitative estimate of drug-likeness (QED) is 0.831. The minimum atomic E-state index is -0.748. The second-order valence-electron chi connectivity index (χ2n) is 4.24. The van der Waals surface area contributed by atoms with Crippen LogP contribution in [0.1, 0.15) is 30.9 Å². The largest absolute Gasteiger partial charge is 0.376 e. The molecular weight excluding hydrogens is 228 g/mol. The van der Waals surface area contributed by atoms with Crippen LogP contribution in [0.5, 0.6) is 0 Å². The summed E-state index contributed by atoms with van der Waals surface area (Å²) < 4.78 is 10.9. The summed E-state index contributed by atoms with van der Waals surface area (Å²) in [6.07, 6.45) is 2.32. The first-order chi connectivity index (χ1) is 8.86. The molecule has 1 aromatic carbocycles. The summed E-state index contributed by atoms with van der Waals surface area (Å²) >= 11 is 0. The smallest absolute Gasteiger partial charge is 0.158 e. The third-order valence-electron chi connectivity index (χ3n) is 2.83. The number of benzene rings is 1. The third-order valence-corrected chi connectivity index (χ3v) is 2.83. The maximum Gasteiger partial charge on any atom is 0.158 e. The van der Waals surface area contributed by atoms with Gasteiger partial charge in [-0.05, 0) is 24.8 Å². The fourth-order valence-corrected chi connectivity index (χ4v) is 1.83. The van der Waals surface area contributed by atoms with Crippen LogP contribution in [0.4, 0.5) is 0 Å². The van der Waals surface area contributed by atoms with Gasteiger partial charge in [0.2, 0.25) is 0 Å². The van der Waals surface area contributed by atoms with Crippen LogP contribution in [-0.2, 0) is 9.47 Å². The van der Waals surface area contributed by atoms with Gasteiger partial charge in [-0.25, -0.2) is 0 Å². The molecule has 1 fully saturated rings. The van der Waals surface area contributed by atoms with Crippen molar-refractivity contribution in [3.05, 3.63) is 35.9 Å². The molecular formula is C15H18O3. The summed E-state index contributed by atoms with van der Waals surface area (Å²) in [6, 6.07) is 9.38. The zero-order chi connectivity index (χ0) is 12.6. The minimum absolute atomic E-state index is 0.123. The van der Waals surface area contributed by atoms with E-state index < -0.39 is 6.10 Å². The average molecular weight is 246 g/mol. The maximum absolute atomic E-state index is 9.80. The molecule has 1 heterocycles. The van der Waals surface area contributed by atoms with Gasteiger partial charge in [-0.3, -0.25) is 0 Å². The molecule has 1 aliphatic rings. The van der Waals surface area contributed by atoms with E-state index in [2.05, 4.69) is 11.8 Å². The molecule has 3 heteroatoms. The van der Waals surface area contributed by atoms with Crippen molar-refractivity contribution in [2.45, 2.75) is 31.7 Å². The number of ether oxygens (including phenoxy) is 2. The van der Waals surface area contributed by atoms with E-state index in [4.69, 9.17) is 9.47 Å². The Bertz CT molecular complexity index is 399. The molecule has 1 N–H and O–H groups in total. The predicted molar refractivity (Wildman–Crippen MR) is 68.7 cm³/mol. The van der Waals surface area contributed by atoms with Gasteiger partial charge in [0.15, 0.2) is 6.29 Å². The van der Waals surface area contributed by atoms with Crippen LogP contribution >= 0.6 is 0 Å². The van der Waals surface area contributed by atoms with Crippen LogP contribution in [0, 0.1) is 11.8 Å². The second-order valence-corrected chi connectivity index (χ2v) is 4.24. The summed E-state index contributed by atoms with van der Waals surface area (Å²) in [5.41, 5.74) is 0.805. The van der Waals surface area contributed by atoms with Crippen molar-refractivity contribution in [3.8, 4) is 11.8 Å². The van der Waals surface area contributed by atoms with Gasteiger partial charge in [-0.2, -0.15) is 0 Å². The van der Waals surface area contributed by atoms with Crippen LogP contribution in [0.2, 0.25) is 0 Å². The lowest BCUT2D eigenvalue weighted by Gasteiger charge is -2.21. The Hall–Kier alpha value is -1.34. The van der Waals surface area contributed by atoms with Crippen molar-refractivity contribution in [3.63, 3.8) is 0 Å². The highest BCUT2D eigenvalue weighted by Crippen LogP contribution is 2.13. The Morgan fingerprint density at radius 3 is 2.89 bits per heavy atom. The maximum atomic E-state index is 9.80. The third kappa shape index (κ3) is 4.15. The standard InChI is InChI=1S/C15H18O3/c16-14(13-7-2-1-3-8-13)9-6-12-18-15-10-4-5-11-17-15/h1-3,7-8,14-16H,4-5,10-12H2. The normalized spacial score (nSPS) is 20.8. The molecule has 0 saturated carbocycles. The fraction of sp³-hybridized carbons (Fsp3) is 0.467. The fourth-order valence-electron chi connectivity index (χ4n) is 1.83. The highest BCUT2D eigenvalue weighted by Gasteiger charge is 2.12. The zero-order valence-electron chi connectivity index (χ0n) is 10.3. The van der Waals surface area contributed by atoms with Crippen molar-refractivity contribution < 1.29 is 14.6 Å². The van der Waals surface area contributed by atoms with Crippen LogP contribution < -0.4 is 0 Å². The Kier molecular flexibility index (Phi) is 5.22. The van der Waals surface area contributed by atoms with Crippen LogP contribution in [0.3, 0.4) is 0 Å². The topological polar surface area (TPSA) is 38.7 Å². The first kappa shape index (κ1) is 13.1. The van der Waals surface area contributed by atoms with E-state index >= 15 is 0 Å². The molecule has 18 heavy (non-hydrogen) atoms. The van der Waals surface area contributed by atoms with Gasteiger partial charge in [-0.15, -0.1) is 0 Å². The first-order valence-corrected chi connectivity index (χ1v) is 6.31. The molecule has 0 radical (unpaired) electrons. The second kappa shape index (κ2) is 7.17. The minimum Gasteiger partial charge on any atom is -0.376 e. The monoisotopic (exact) mass is 246 g/mol. The molecule has 2 atom stereocenters. The van der Waals surface area contributed by atoms with Gasteiger partial charge in [0.1, 0.15) is 12.7 Å². The predicted octanol–water partition coefficient (Wildman–Crippen LogP) is 2.27. The van der Waals surface area contributed by atoms with Gasteiger partial charge >= 0.3 is 0 Å². The molecule has 1 aliphatic heterocycles. The van der Waals surface area contributed by atoms with Gasteiger partial charge in [0.25, 0.3) is 0 Å². The van der Waals surface area contributed by atoms with E-state index in [1.807, 2.05) is 30.3 Å². The van der Waals surface area contributed by atoms with E-state index in [9.17, 15) is 5.11 Å². The van der Waals surface area contributed by atoms with Crippen LogP contribution in [-0.4, -0.2) is 24.6 Å². The molecule has 0 aliphatic carbocycles. The highest BCUT2D eigenvalue weighted by atomic mass is 16.7. The van der Waals surface area contributed by atoms with Gasteiger partial charge < -0.3 is 14.6 Å². The molecule has 2 unspecified atom stereocenters. The number of rotatable bonds is 3. The Balaban J connectivity index is 1.74. The molecule has 0 aromatic heterocycles. The highest BCUT2D eigenvalue weighted by molar-refractivity contribution is 5.24. The zero-order valence-corrected chi connectivity index (χ0v) is 10.3. The van der Waals surface area contributed by atoms with Crippen molar-refractivity contribution in [1.29, 1.82) is 0 Å². The van der Waals surface area contributed by atoms with Crippen LogP contribution in [0.25, 0.3) is 0 Å². The van der Waals surface area contributed by atoms with Gasteiger partial charge in [0.05, 0.1) is 0 Å². The van der Waals surface area contributed by atoms with E-state index in [1.165, 1.54) is 0 Å². The SMILES string of the molecule is OC(C#CCOC1CCCCO1)c1ccccc1. The van der Waals surface area contributed by atoms with Crippen LogP contribution in [0.15, 0.2) is 30.3 Å². The summed E-state index contributed by atoms with van der Waals surface area (Å²) in [7, 11) is 0. The molecule has 0 spiro atoms. The Labute approximate surface area is 108 Å². The average Bonchev–Trinajstić information content (AvgIpc) is 2.45. The summed E-state index contributed by atoms with van der Waals surface area (Å²) in [6.45, 7) is 1.07. The number of aliphatic hydroxyl groups is 1. The van der Waals surface area contributed by atoms with E-state index in [0.717, 1.165) is 31.4 Å². The Morgan fingerprint density at radius 1 is 1.33 bits per heavy atom. The van der Waals surface area contributed by atoms with Crippen molar-refractivity contribution >= 4 is 0 Å². The Morgan fingerprint density at radius 2 is 2.17 bits per heavy atom. The molecule has 96 valence electrons. The lowest BCUT2D eigenvalue weighted by molar-refractivity contribution is -0.154. The molecule has 1 aromatic rings. The molecule has 0 amide bonds. The van der Waals surface area contributed by atoms with Crippen molar-refractivity contribution in [2.75, 3.05) is 13.2 Å². The molecule has 1 saturated heterocycles. The first-order valence-electron chi connectivity index (χ1n) is 6.31. The molecule has 3 nitrogen and oxygen atoms in total. The van der Waals surface area contributed by atoms with Gasteiger partial charge in [-0.1, -0.05) is 42.2 Å². The molecule has 2 rings (SSSR count). The van der Waals surface area contributed by atoms with E-state index in [1.54, 1.807) is 0 Å². The van der Waals surface area contributed by atoms with Crippen molar-refractivity contribution in [2.24, 2.45) is 0 Å². The number of aliphatic hydroxyl groups excluding tert-OH is 1. The lowest BCUT2D eigenvalue weighted by Crippen LogP contribution is -2.22. The van der Waals surface area contributed by atoms with E-state index in [0.29, 0.717) is 6.61 Å². The van der Waals surface area contributed by atoms with E-state index in [-0.39, 0.29) is 6.29 Å². The number of hydrogen-bond acceptors (Lipinski definition) is 3. The number of hydrogen-bond donors (Lipinski definition) is 1. The summed E-state index contributed by atoms with van der Waals surface area (Å²) in [4.78, 5) is 0. The summed E-state index contributed by atoms with van der Waals surface area (Å²) in [5, 5.41) is 9.80. The lowest BCUT2D eigenvalue weighted by atomic mass is 10.1. The van der Waals surface area contributed by atoms with Gasteiger partial charge in [0, 0.05) is 6.61 Å².